The van der Waals surface area contributed by atoms with Crippen LogP contribution in [0.25, 0.3) is 22.0 Å². The lowest BCUT2D eigenvalue weighted by molar-refractivity contribution is 0.262. The van der Waals surface area contributed by atoms with E-state index in [-0.39, 0.29) is 5.41 Å². The van der Waals surface area contributed by atoms with Gasteiger partial charge in [0.1, 0.15) is 23.9 Å². The van der Waals surface area contributed by atoms with Crippen molar-refractivity contribution in [2.45, 2.75) is 53.1 Å². The average molecular weight is 646 g/mol. The Morgan fingerprint density at radius 2 is 1.79 bits per heavy atom. The fraction of sp³-hybridized carbons (Fsp3) is 0.263. The second-order valence-corrected chi connectivity index (χ2v) is 12.4. The molecule has 0 saturated carbocycles. The minimum absolute atomic E-state index is 0.231. The van der Waals surface area contributed by atoms with Gasteiger partial charge in [0.05, 0.1) is 29.9 Å². The number of fused-ring (bicyclic) bond motifs is 1. The average Bonchev–Trinajstić information content (AvgIpc) is 3.51. The van der Waals surface area contributed by atoms with E-state index in [1.54, 1.807) is 30.4 Å². The van der Waals surface area contributed by atoms with Crippen LogP contribution in [0.5, 0.6) is 11.5 Å². The number of methoxy groups -OCH3 is 1. The van der Waals surface area contributed by atoms with Crippen molar-refractivity contribution in [1.29, 1.82) is 0 Å². The van der Waals surface area contributed by atoms with E-state index in [9.17, 15) is 4.79 Å². The summed E-state index contributed by atoms with van der Waals surface area (Å²) in [6.07, 6.45) is 6.02. The number of nitrogens with two attached hydrogens (primary N) is 1. The number of nitrogens with one attached hydrogen (secondary N) is 2. The molecular formula is C38H43N7O3. The molecule has 5 aromatic rings. The molecule has 0 bridgehead atoms. The van der Waals surface area contributed by atoms with E-state index in [1.807, 2.05) is 79.7 Å². The number of amides is 2. The quantitative estimate of drug-likeness (QED) is 0.125. The summed E-state index contributed by atoms with van der Waals surface area (Å²) in [6, 6.07) is 22.8. The van der Waals surface area contributed by atoms with Gasteiger partial charge in [-0.1, -0.05) is 58.0 Å². The lowest BCUT2D eigenvalue weighted by Crippen LogP contribution is -2.21. The number of hydrogen-bond donors (Lipinski definition) is 3. The van der Waals surface area contributed by atoms with Crippen LogP contribution in [0.2, 0.25) is 0 Å². The smallest absolute Gasteiger partial charge is 0.324 e. The van der Waals surface area contributed by atoms with Gasteiger partial charge >= 0.3 is 6.03 Å². The normalized spacial score (nSPS) is 12.0. The summed E-state index contributed by atoms with van der Waals surface area (Å²) in [6.45, 7) is 11.0. The molecule has 0 atom stereocenters. The third kappa shape index (κ3) is 7.90. The Morgan fingerprint density at radius 1 is 1.00 bits per heavy atom. The number of aryl methyl sites for hydroxylation is 1. The van der Waals surface area contributed by atoms with Crippen molar-refractivity contribution < 1.29 is 14.3 Å². The molecule has 0 aliphatic heterocycles. The highest BCUT2D eigenvalue weighted by Gasteiger charge is 2.22. The molecule has 48 heavy (non-hydrogen) atoms. The highest BCUT2D eigenvalue weighted by molar-refractivity contribution is 6.07. The molecule has 5 rings (SSSR count). The van der Waals surface area contributed by atoms with Gasteiger partial charge in [0.15, 0.2) is 0 Å². The first-order chi connectivity index (χ1) is 23.1. The highest BCUT2D eigenvalue weighted by atomic mass is 16.5. The predicted octanol–water partition coefficient (Wildman–Crippen LogP) is 8.04. The molecule has 2 aromatic heterocycles. The number of allylic oxidation sites excluding steroid dienone is 1. The topological polar surface area (TPSA) is 129 Å². The van der Waals surface area contributed by atoms with Crippen molar-refractivity contribution in [3.05, 3.63) is 108 Å². The minimum Gasteiger partial charge on any atom is -0.496 e. The molecule has 0 aliphatic carbocycles. The van der Waals surface area contributed by atoms with Crippen LogP contribution >= 0.6 is 0 Å². The number of aromatic nitrogens is 3. The first-order valence-electron chi connectivity index (χ1n) is 16.0. The maximum atomic E-state index is 13.5. The Labute approximate surface area is 281 Å². The van der Waals surface area contributed by atoms with Gasteiger partial charge in [-0.3, -0.25) is 15.3 Å². The third-order valence-electron chi connectivity index (χ3n) is 7.86. The fourth-order valence-electron chi connectivity index (χ4n) is 5.19. The molecular weight excluding hydrogens is 602 g/mol. The number of hydrogen-bond acceptors (Lipinski definition) is 7. The van der Waals surface area contributed by atoms with Crippen molar-refractivity contribution in [2.75, 3.05) is 24.3 Å². The molecule has 4 N–H and O–H groups in total. The second kappa shape index (κ2) is 15.0. The molecule has 2 amide bonds. The Kier molecular flexibility index (Phi) is 10.6. The van der Waals surface area contributed by atoms with E-state index >= 15 is 0 Å². The maximum Gasteiger partial charge on any atom is 0.324 e. The Bertz CT molecular complexity index is 1970. The maximum absolute atomic E-state index is 13.5. The zero-order valence-corrected chi connectivity index (χ0v) is 28.4. The molecule has 2 heterocycles. The molecule has 0 radical (unpaired) electrons. The van der Waals surface area contributed by atoms with Gasteiger partial charge in [-0.2, -0.15) is 5.10 Å². The van der Waals surface area contributed by atoms with Crippen molar-refractivity contribution >= 4 is 40.1 Å². The standard InChI is InChI=1S/C38H43N7O3/c1-7-27(23-40-19-17-39)32-20-26(16-18-41-32)24-48-33-15-14-31(29-10-8-9-11-30(29)33)42-37(46)43-36-22-35(38(3,4)5)44-45(36)28-13-12-25(2)34(21-28)47-6/h8-16,18-23H,7,17,24,39H2,1-6H3,(H2,42,43,46)/b27-23?,40-19-. The zero-order valence-electron chi connectivity index (χ0n) is 28.4. The van der Waals surface area contributed by atoms with Crippen molar-refractivity contribution in [3.63, 3.8) is 0 Å². The largest absolute Gasteiger partial charge is 0.496 e. The van der Waals surface area contributed by atoms with Crippen LogP contribution < -0.4 is 25.8 Å². The monoisotopic (exact) mass is 645 g/mol. The van der Waals surface area contributed by atoms with E-state index in [2.05, 4.69) is 48.3 Å². The van der Waals surface area contributed by atoms with Crippen LogP contribution in [-0.2, 0) is 12.0 Å². The molecule has 10 heteroatoms. The summed E-state index contributed by atoms with van der Waals surface area (Å²) in [5.74, 6) is 1.98. The number of urea groups is 1. The molecule has 0 spiro atoms. The number of rotatable bonds is 11. The zero-order chi connectivity index (χ0) is 34.3. The number of pyridine rings is 1. The van der Waals surface area contributed by atoms with Gasteiger partial charge in [0, 0.05) is 53.5 Å². The summed E-state index contributed by atoms with van der Waals surface area (Å²) in [5, 5.41) is 12.6. The number of nitrogens with zero attached hydrogens (tertiary/aromatic N) is 4. The van der Waals surface area contributed by atoms with E-state index in [4.69, 9.17) is 20.3 Å². The van der Waals surface area contributed by atoms with Crippen LogP contribution in [0.15, 0.2) is 90.2 Å². The van der Waals surface area contributed by atoms with Crippen LogP contribution in [0, 0.1) is 6.92 Å². The SMILES string of the molecule is CCC(=C/N=C\CN)c1cc(COc2ccc(NC(=O)Nc3cc(C(C)(C)C)nn3-c3ccc(C)c(OC)c3)c3ccccc23)ccn1. The second-order valence-electron chi connectivity index (χ2n) is 12.4. The molecule has 3 aromatic carbocycles. The predicted molar refractivity (Wildman–Crippen MR) is 195 cm³/mol. The van der Waals surface area contributed by atoms with Gasteiger partial charge < -0.3 is 20.5 Å². The van der Waals surface area contributed by atoms with Crippen LogP contribution in [0.3, 0.4) is 0 Å². The number of carbonyl (C=O) groups is 1. The number of aliphatic imine (C=N–C) groups is 1. The highest BCUT2D eigenvalue weighted by Crippen LogP contribution is 2.33. The van der Waals surface area contributed by atoms with Gasteiger partial charge in [-0.05, 0) is 60.4 Å². The van der Waals surface area contributed by atoms with Crippen LogP contribution in [0.1, 0.15) is 56.6 Å². The van der Waals surface area contributed by atoms with E-state index < -0.39 is 6.03 Å². The molecule has 0 aliphatic rings. The van der Waals surface area contributed by atoms with Gasteiger partial charge in [0.25, 0.3) is 0 Å². The summed E-state index contributed by atoms with van der Waals surface area (Å²) in [5.41, 5.74) is 11.4. The first kappa shape index (κ1) is 33.9. The van der Waals surface area contributed by atoms with Gasteiger partial charge in [-0.15, -0.1) is 0 Å². The van der Waals surface area contributed by atoms with Gasteiger partial charge in [0.2, 0.25) is 0 Å². The molecule has 10 nitrogen and oxygen atoms in total. The lowest BCUT2D eigenvalue weighted by atomic mass is 9.92. The van der Waals surface area contributed by atoms with E-state index in [0.29, 0.717) is 30.4 Å². The molecule has 0 saturated heterocycles. The molecule has 248 valence electrons. The number of benzene rings is 3. The lowest BCUT2D eigenvalue weighted by Gasteiger charge is -2.15. The third-order valence-corrected chi connectivity index (χ3v) is 7.86. The first-order valence-corrected chi connectivity index (χ1v) is 16.0. The Morgan fingerprint density at radius 3 is 2.52 bits per heavy atom. The summed E-state index contributed by atoms with van der Waals surface area (Å²) >= 11 is 0. The summed E-state index contributed by atoms with van der Waals surface area (Å²) in [4.78, 5) is 22.3. The fourth-order valence-corrected chi connectivity index (χ4v) is 5.19. The van der Waals surface area contributed by atoms with E-state index in [1.165, 1.54) is 0 Å². The van der Waals surface area contributed by atoms with Crippen molar-refractivity contribution in [3.8, 4) is 17.2 Å². The Balaban J connectivity index is 1.36. The van der Waals surface area contributed by atoms with Crippen molar-refractivity contribution in [1.82, 2.24) is 14.8 Å². The number of carbonyl (C=O) groups excluding carboxylic acids is 1. The molecule has 0 unspecified atom stereocenters. The minimum atomic E-state index is -0.394. The molecule has 0 fully saturated rings. The summed E-state index contributed by atoms with van der Waals surface area (Å²) in [7, 11) is 1.64. The van der Waals surface area contributed by atoms with Crippen molar-refractivity contribution in [2.24, 2.45) is 10.7 Å². The number of anilines is 2. The summed E-state index contributed by atoms with van der Waals surface area (Å²) < 4.78 is 13.6. The number of ether oxygens (including phenoxy) is 2. The van der Waals surface area contributed by atoms with Crippen LogP contribution in [0.4, 0.5) is 16.3 Å². The van der Waals surface area contributed by atoms with E-state index in [0.717, 1.165) is 56.7 Å². The van der Waals surface area contributed by atoms with Crippen LogP contribution in [-0.4, -0.2) is 40.7 Å². The van der Waals surface area contributed by atoms with Gasteiger partial charge in [-0.25, -0.2) is 9.48 Å². The Hall–Kier alpha value is -5.48.